The third kappa shape index (κ3) is 6.28. The van der Waals surface area contributed by atoms with E-state index >= 15 is 0 Å². The monoisotopic (exact) mass is 465 g/mol. The maximum atomic E-state index is 13.1. The lowest BCUT2D eigenvalue weighted by Gasteiger charge is -2.38. The molecule has 10 heteroatoms. The van der Waals surface area contributed by atoms with Crippen LogP contribution < -0.4 is 10.6 Å². The van der Waals surface area contributed by atoms with E-state index in [-0.39, 0.29) is 31.5 Å². The summed E-state index contributed by atoms with van der Waals surface area (Å²) in [5.41, 5.74) is 6.00. The van der Waals surface area contributed by atoms with Crippen molar-refractivity contribution in [1.29, 1.82) is 0 Å². The Morgan fingerprint density at radius 1 is 1.03 bits per heavy atom. The fourth-order valence-corrected chi connectivity index (χ4v) is 6.01. The first kappa shape index (κ1) is 24.6. The van der Waals surface area contributed by atoms with E-state index in [4.69, 9.17) is 5.73 Å². The summed E-state index contributed by atoms with van der Waals surface area (Å²) in [6.45, 7) is 2.08. The molecule has 2 amide bonds. The van der Waals surface area contributed by atoms with Crippen molar-refractivity contribution in [3.05, 3.63) is 30.3 Å². The second kappa shape index (κ2) is 11.2. The molecule has 32 heavy (non-hydrogen) atoms. The van der Waals surface area contributed by atoms with Crippen LogP contribution in [0.2, 0.25) is 0 Å². The molecule has 1 heterocycles. The zero-order chi connectivity index (χ0) is 23.1. The number of amides is 2. The van der Waals surface area contributed by atoms with Crippen LogP contribution in [-0.2, 0) is 19.8 Å². The van der Waals surface area contributed by atoms with Gasteiger partial charge in [-0.05, 0) is 25.0 Å². The maximum absolute atomic E-state index is 13.1. The lowest BCUT2D eigenvalue weighted by atomic mass is 9.96. The smallest absolute Gasteiger partial charge is 0.282 e. The van der Waals surface area contributed by atoms with Crippen LogP contribution in [-0.4, -0.2) is 86.1 Å². The Morgan fingerprint density at radius 3 is 2.25 bits per heavy atom. The van der Waals surface area contributed by atoms with Crippen molar-refractivity contribution in [3.8, 4) is 0 Å². The topological polar surface area (TPSA) is 107 Å². The highest BCUT2D eigenvalue weighted by Gasteiger charge is 2.35. The molecule has 1 saturated heterocycles. The van der Waals surface area contributed by atoms with Gasteiger partial charge in [0.05, 0.1) is 6.54 Å². The van der Waals surface area contributed by atoms with Gasteiger partial charge in [-0.15, -0.1) is 0 Å². The van der Waals surface area contributed by atoms with Gasteiger partial charge in [0.25, 0.3) is 10.2 Å². The molecule has 0 bridgehead atoms. The molecule has 3 rings (SSSR count). The van der Waals surface area contributed by atoms with Gasteiger partial charge in [-0.25, -0.2) is 0 Å². The van der Waals surface area contributed by atoms with Gasteiger partial charge in [0.1, 0.15) is 0 Å². The number of hydrogen-bond donors (Lipinski definition) is 1. The summed E-state index contributed by atoms with van der Waals surface area (Å²) < 4.78 is 29.2. The number of primary amides is 1. The molecule has 2 fully saturated rings. The number of nitrogens with zero attached hydrogens (tertiary/aromatic N) is 4. The normalized spacial score (nSPS) is 19.2. The molecule has 0 spiro atoms. The van der Waals surface area contributed by atoms with Gasteiger partial charge in [-0.1, -0.05) is 37.5 Å². The zero-order valence-electron chi connectivity index (χ0n) is 18.9. The summed E-state index contributed by atoms with van der Waals surface area (Å²) in [6.07, 6.45) is 5.26. The number of carbonyl (C=O) groups excluding carboxylic acids is 2. The predicted octanol–water partition coefficient (Wildman–Crippen LogP) is 1.02. The molecule has 9 nitrogen and oxygen atoms in total. The quantitative estimate of drug-likeness (QED) is 0.586. The average molecular weight is 466 g/mol. The minimum Gasteiger partial charge on any atom is -0.370 e. The molecule has 1 saturated carbocycles. The molecule has 0 unspecified atom stereocenters. The number of benzene rings is 1. The molecular formula is C22H35N5O4S. The number of piperazine rings is 1. The molecule has 178 valence electrons. The van der Waals surface area contributed by atoms with Crippen LogP contribution in [0.5, 0.6) is 0 Å². The van der Waals surface area contributed by atoms with Crippen LogP contribution in [0.15, 0.2) is 30.3 Å². The van der Waals surface area contributed by atoms with Crippen LogP contribution in [0.3, 0.4) is 0 Å². The van der Waals surface area contributed by atoms with Crippen molar-refractivity contribution >= 4 is 27.7 Å². The average Bonchev–Trinajstić information content (AvgIpc) is 2.80. The Labute approximate surface area is 191 Å². The molecule has 1 aromatic rings. The highest BCUT2D eigenvalue weighted by Crippen LogP contribution is 2.25. The Morgan fingerprint density at radius 2 is 1.66 bits per heavy atom. The van der Waals surface area contributed by atoms with Crippen molar-refractivity contribution in [3.63, 3.8) is 0 Å². The van der Waals surface area contributed by atoms with Gasteiger partial charge in [0.15, 0.2) is 0 Å². The third-order valence-corrected chi connectivity index (χ3v) is 8.46. The molecule has 2 N–H and O–H groups in total. The molecule has 0 radical (unpaired) electrons. The fraction of sp³-hybridized carbons (Fsp3) is 0.636. The van der Waals surface area contributed by atoms with Crippen molar-refractivity contribution < 1.29 is 18.0 Å². The van der Waals surface area contributed by atoms with Crippen LogP contribution in [0.1, 0.15) is 38.5 Å². The minimum absolute atomic E-state index is 0.0815. The van der Waals surface area contributed by atoms with Crippen LogP contribution in [0, 0.1) is 0 Å². The number of nitrogens with two attached hydrogens (primary N) is 1. The van der Waals surface area contributed by atoms with Gasteiger partial charge < -0.3 is 10.6 Å². The number of para-hydroxylation sites is 1. The summed E-state index contributed by atoms with van der Waals surface area (Å²) in [7, 11) is -1.81. The lowest BCUT2D eigenvalue weighted by molar-refractivity contribution is -0.120. The first-order valence-electron chi connectivity index (χ1n) is 11.4. The minimum atomic E-state index is -3.50. The summed E-state index contributed by atoms with van der Waals surface area (Å²) in [5, 5.41) is 0. The summed E-state index contributed by atoms with van der Waals surface area (Å²) in [6, 6.07) is 9.27. The maximum Gasteiger partial charge on any atom is 0.282 e. The van der Waals surface area contributed by atoms with Gasteiger partial charge in [-0.2, -0.15) is 17.0 Å². The second-order valence-electron chi connectivity index (χ2n) is 8.59. The van der Waals surface area contributed by atoms with E-state index in [1.165, 1.54) is 10.7 Å². The van der Waals surface area contributed by atoms with E-state index < -0.39 is 16.1 Å². The Kier molecular flexibility index (Phi) is 8.64. The van der Waals surface area contributed by atoms with E-state index in [1.54, 1.807) is 16.3 Å². The molecule has 2 aliphatic rings. The van der Waals surface area contributed by atoms with Crippen molar-refractivity contribution in [2.24, 2.45) is 5.73 Å². The Bertz CT molecular complexity index is 866. The summed E-state index contributed by atoms with van der Waals surface area (Å²) in [4.78, 5) is 27.8. The SMILES string of the molecule is CN(C1CCCCC1)S(=O)(=O)N1CCN(CC(=O)N(CCC(N)=O)c2ccccc2)CC1. The van der Waals surface area contributed by atoms with Gasteiger partial charge >= 0.3 is 0 Å². The van der Waals surface area contributed by atoms with E-state index in [0.717, 1.165) is 25.7 Å². The Hall–Kier alpha value is -2.01. The fourth-order valence-electron chi connectivity index (χ4n) is 4.44. The summed E-state index contributed by atoms with van der Waals surface area (Å²) in [5.74, 6) is -0.590. The highest BCUT2D eigenvalue weighted by molar-refractivity contribution is 7.86. The standard InChI is InChI=1S/C22H35N5O4S/c1-24(19-8-4-2-5-9-19)32(30,31)26-16-14-25(15-17-26)18-22(29)27(13-12-21(23)28)20-10-6-3-7-11-20/h3,6-7,10-11,19H,2,4-5,8-9,12-18H2,1H3,(H2,23,28). The van der Waals surface area contributed by atoms with E-state index in [9.17, 15) is 18.0 Å². The van der Waals surface area contributed by atoms with Crippen LogP contribution in [0.4, 0.5) is 5.69 Å². The lowest BCUT2D eigenvalue weighted by Crippen LogP contribution is -2.55. The first-order chi connectivity index (χ1) is 15.3. The molecule has 0 atom stereocenters. The van der Waals surface area contributed by atoms with Crippen molar-refractivity contribution in [1.82, 2.24) is 13.5 Å². The number of rotatable bonds is 9. The molecule has 1 aliphatic heterocycles. The second-order valence-corrected chi connectivity index (χ2v) is 10.6. The predicted molar refractivity (Wildman–Crippen MR) is 124 cm³/mol. The first-order valence-corrected chi connectivity index (χ1v) is 12.8. The largest absolute Gasteiger partial charge is 0.370 e. The third-order valence-electron chi connectivity index (χ3n) is 6.42. The molecular weight excluding hydrogens is 430 g/mol. The van der Waals surface area contributed by atoms with Gasteiger partial charge in [0.2, 0.25) is 11.8 Å². The molecule has 1 aliphatic carbocycles. The van der Waals surface area contributed by atoms with E-state index in [1.807, 2.05) is 35.2 Å². The van der Waals surface area contributed by atoms with E-state index in [0.29, 0.717) is 31.9 Å². The van der Waals surface area contributed by atoms with E-state index in [2.05, 4.69) is 0 Å². The van der Waals surface area contributed by atoms with Crippen LogP contribution in [0.25, 0.3) is 0 Å². The number of carbonyl (C=O) groups is 2. The highest BCUT2D eigenvalue weighted by atomic mass is 32.2. The van der Waals surface area contributed by atoms with Gasteiger partial charge in [-0.3, -0.25) is 14.5 Å². The molecule has 0 aromatic heterocycles. The summed E-state index contributed by atoms with van der Waals surface area (Å²) >= 11 is 0. The van der Waals surface area contributed by atoms with Crippen molar-refractivity contribution in [2.45, 2.75) is 44.6 Å². The van der Waals surface area contributed by atoms with Crippen LogP contribution >= 0.6 is 0 Å². The number of anilines is 1. The number of hydrogen-bond acceptors (Lipinski definition) is 5. The zero-order valence-corrected chi connectivity index (χ0v) is 19.7. The van der Waals surface area contributed by atoms with Gasteiger partial charge in [0, 0.05) is 57.9 Å². The van der Waals surface area contributed by atoms with Crippen molar-refractivity contribution in [2.75, 3.05) is 51.2 Å². The molecule has 1 aromatic carbocycles. The Balaban J connectivity index is 1.56.